The van der Waals surface area contributed by atoms with Gasteiger partial charge in [0.05, 0.1) is 10.6 Å². The van der Waals surface area contributed by atoms with Crippen LogP contribution in [0.1, 0.15) is 60.1 Å². The molecule has 1 heterocycles. The average Bonchev–Trinajstić information content (AvgIpc) is 2.94. The summed E-state index contributed by atoms with van der Waals surface area (Å²) in [7, 11) is 0. The first-order valence-electron chi connectivity index (χ1n) is 8.77. The summed E-state index contributed by atoms with van der Waals surface area (Å²) >= 11 is 1.31. The second kappa shape index (κ2) is 7.08. The molecular weight excluding hydrogens is 332 g/mol. The molecule has 0 atom stereocenters. The molecule has 0 saturated carbocycles. The summed E-state index contributed by atoms with van der Waals surface area (Å²) in [5.74, 6) is 0.0811. The van der Waals surface area contributed by atoms with Gasteiger partial charge in [-0.25, -0.2) is 4.98 Å². The first kappa shape index (κ1) is 17.8. The second-order valence-electron chi connectivity index (χ2n) is 7.45. The Morgan fingerprint density at radius 3 is 2.56 bits per heavy atom. The molecular formula is C20H24N2O2S. The third kappa shape index (κ3) is 4.34. The molecule has 1 aromatic heterocycles. The summed E-state index contributed by atoms with van der Waals surface area (Å²) in [6.07, 6.45) is 3.46. The van der Waals surface area contributed by atoms with E-state index in [0.29, 0.717) is 29.3 Å². The summed E-state index contributed by atoms with van der Waals surface area (Å²) < 4.78 is 0. The van der Waals surface area contributed by atoms with Gasteiger partial charge in [0, 0.05) is 12.8 Å². The molecule has 0 saturated heterocycles. The lowest BCUT2D eigenvalue weighted by molar-refractivity contribution is -0.116. The molecule has 132 valence electrons. The van der Waals surface area contributed by atoms with E-state index in [1.165, 1.54) is 16.9 Å². The van der Waals surface area contributed by atoms with Crippen molar-refractivity contribution >= 4 is 28.2 Å². The standard InChI is InChI=1S/C20H24N2O2S/c1-4-13-5-7-14(8-6-13)9-10-17(24)22-19-21-15-11-20(2,3)12-16(23)18(15)25-19/h5-8H,4,9-12H2,1-3H3,(H,21,22,24). The number of carbonyl (C=O) groups excluding carboxylic acids is 2. The van der Waals surface area contributed by atoms with Gasteiger partial charge in [0.15, 0.2) is 10.9 Å². The number of thiazole rings is 1. The van der Waals surface area contributed by atoms with E-state index >= 15 is 0 Å². The third-order valence-corrected chi connectivity index (χ3v) is 5.61. The highest BCUT2D eigenvalue weighted by Crippen LogP contribution is 2.38. The summed E-state index contributed by atoms with van der Waals surface area (Å²) in [4.78, 5) is 29.6. The van der Waals surface area contributed by atoms with Crippen molar-refractivity contribution in [1.29, 1.82) is 0 Å². The Bertz CT molecular complexity index is 791. The predicted molar refractivity (Wildman–Crippen MR) is 101 cm³/mol. The lowest BCUT2D eigenvalue weighted by atomic mass is 9.78. The first-order valence-corrected chi connectivity index (χ1v) is 9.58. The molecule has 1 aromatic carbocycles. The van der Waals surface area contributed by atoms with Crippen molar-refractivity contribution in [2.45, 2.75) is 52.9 Å². The molecule has 25 heavy (non-hydrogen) atoms. The Labute approximate surface area is 152 Å². The van der Waals surface area contributed by atoms with E-state index in [-0.39, 0.29) is 17.1 Å². The van der Waals surface area contributed by atoms with E-state index in [0.717, 1.165) is 24.1 Å². The highest BCUT2D eigenvalue weighted by molar-refractivity contribution is 7.17. The van der Waals surface area contributed by atoms with Crippen molar-refractivity contribution in [3.8, 4) is 0 Å². The maximum Gasteiger partial charge on any atom is 0.226 e. The molecule has 0 bridgehead atoms. The molecule has 4 nitrogen and oxygen atoms in total. The van der Waals surface area contributed by atoms with Crippen LogP contribution in [0.15, 0.2) is 24.3 Å². The lowest BCUT2D eigenvalue weighted by Gasteiger charge is -2.26. The number of hydrogen-bond acceptors (Lipinski definition) is 4. The number of nitrogens with zero attached hydrogens (tertiary/aromatic N) is 1. The summed E-state index contributed by atoms with van der Waals surface area (Å²) in [5, 5.41) is 3.40. The van der Waals surface area contributed by atoms with Crippen LogP contribution in [0.4, 0.5) is 5.13 Å². The Hall–Kier alpha value is -2.01. The van der Waals surface area contributed by atoms with E-state index in [4.69, 9.17) is 0 Å². The van der Waals surface area contributed by atoms with E-state index in [9.17, 15) is 9.59 Å². The molecule has 1 aliphatic rings. The molecule has 0 aliphatic heterocycles. The van der Waals surface area contributed by atoms with Crippen molar-refractivity contribution in [1.82, 2.24) is 4.98 Å². The van der Waals surface area contributed by atoms with Gasteiger partial charge in [0.25, 0.3) is 0 Å². The molecule has 1 amide bonds. The van der Waals surface area contributed by atoms with E-state index < -0.39 is 0 Å². The van der Waals surface area contributed by atoms with Gasteiger partial charge < -0.3 is 5.32 Å². The molecule has 5 heteroatoms. The number of ketones is 1. The Morgan fingerprint density at radius 2 is 1.88 bits per heavy atom. The number of Topliss-reactive ketones (excluding diaryl/α,β-unsaturated/α-hetero) is 1. The van der Waals surface area contributed by atoms with Gasteiger partial charge in [-0.05, 0) is 35.8 Å². The van der Waals surface area contributed by atoms with E-state index in [2.05, 4.69) is 55.3 Å². The topological polar surface area (TPSA) is 59.1 Å². The fourth-order valence-electron chi connectivity index (χ4n) is 3.15. The van der Waals surface area contributed by atoms with Gasteiger partial charge in [-0.1, -0.05) is 56.4 Å². The average molecular weight is 356 g/mol. The van der Waals surface area contributed by atoms with Crippen LogP contribution in [-0.4, -0.2) is 16.7 Å². The highest BCUT2D eigenvalue weighted by Gasteiger charge is 2.34. The molecule has 0 radical (unpaired) electrons. The zero-order valence-corrected chi connectivity index (χ0v) is 15.8. The van der Waals surface area contributed by atoms with Crippen LogP contribution in [0, 0.1) is 5.41 Å². The quantitative estimate of drug-likeness (QED) is 0.862. The van der Waals surface area contributed by atoms with Crippen LogP contribution in [0.2, 0.25) is 0 Å². The molecule has 0 fully saturated rings. The first-order chi connectivity index (χ1) is 11.9. The highest BCUT2D eigenvalue weighted by atomic mass is 32.1. The largest absolute Gasteiger partial charge is 0.302 e. The van der Waals surface area contributed by atoms with Gasteiger partial charge in [-0.2, -0.15) is 0 Å². The molecule has 2 aromatic rings. The fourth-order valence-corrected chi connectivity index (χ4v) is 4.09. The smallest absolute Gasteiger partial charge is 0.226 e. The van der Waals surface area contributed by atoms with E-state index in [1.807, 2.05) is 0 Å². The van der Waals surface area contributed by atoms with Crippen LogP contribution in [0.25, 0.3) is 0 Å². The van der Waals surface area contributed by atoms with Gasteiger partial charge in [-0.3, -0.25) is 9.59 Å². The van der Waals surface area contributed by atoms with Crippen LogP contribution in [0.5, 0.6) is 0 Å². The molecule has 0 spiro atoms. The number of benzene rings is 1. The van der Waals surface area contributed by atoms with Crippen molar-refractivity contribution in [3.63, 3.8) is 0 Å². The molecule has 0 unspecified atom stereocenters. The van der Waals surface area contributed by atoms with Gasteiger partial charge in [-0.15, -0.1) is 0 Å². The Kier molecular flexibility index (Phi) is 5.04. The minimum atomic E-state index is -0.0580. The SMILES string of the molecule is CCc1ccc(CCC(=O)Nc2nc3c(s2)C(=O)CC(C)(C)C3)cc1. The number of rotatable bonds is 5. The fraction of sp³-hybridized carbons (Fsp3) is 0.450. The third-order valence-electron chi connectivity index (χ3n) is 4.55. The number of amides is 1. The van der Waals surface area contributed by atoms with Gasteiger partial charge >= 0.3 is 0 Å². The zero-order valence-electron chi connectivity index (χ0n) is 15.0. The lowest BCUT2D eigenvalue weighted by Crippen LogP contribution is -2.26. The van der Waals surface area contributed by atoms with Crippen LogP contribution in [-0.2, 0) is 24.1 Å². The monoisotopic (exact) mass is 356 g/mol. The van der Waals surface area contributed by atoms with Crippen LogP contribution < -0.4 is 5.32 Å². The van der Waals surface area contributed by atoms with Gasteiger partial charge in [0.1, 0.15) is 0 Å². The number of carbonyl (C=O) groups is 2. The van der Waals surface area contributed by atoms with Crippen molar-refractivity contribution < 1.29 is 9.59 Å². The Balaban J connectivity index is 1.59. The van der Waals surface area contributed by atoms with Crippen LogP contribution in [0.3, 0.4) is 0 Å². The van der Waals surface area contributed by atoms with E-state index in [1.54, 1.807) is 0 Å². The van der Waals surface area contributed by atoms with Gasteiger partial charge in [0.2, 0.25) is 5.91 Å². The maximum atomic E-state index is 12.2. The minimum absolute atomic E-state index is 0.0515. The van der Waals surface area contributed by atoms with Crippen LogP contribution >= 0.6 is 11.3 Å². The second-order valence-corrected chi connectivity index (χ2v) is 8.45. The summed E-state index contributed by atoms with van der Waals surface area (Å²) in [6, 6.07) is 8.37. The van der Waals surface area contributed by atoms with Crippen molar-refractivity contribution in [3.05, 3.63) is 46.0 Å². The maximum absolute atomic E-state index is 12.2. The number of hydrogen-bond donors (Lipinski definition) is 1. The molecule has 1 aliphatic carbocycles. The van der Waals surface area contributed by atoms with Crippen molar-refractivity contribution in [2.75, 3.05) is 5.32 Å². The Morgan fingerprint density at radius 1 is 1.20 bits per heavy atom. The zero-order chi connectivity index (χ0) is 18.0. The molecule has 3 rings (SSSR count). The summed E-state index contributed by atoms with van der Waals surface area (Å²) in [6.45, 7) is 6.28. The molecule has 1 N–H and O–H groups in total. The minimum Gasteiger partial charge on any atom is -0.302 e. The number of fused-ring (bicyclic) bond motifs is 1. The van der Waals surface area contributed by atoms with Crippen molar-refractivity contribution in [2.24, 2.45) is 5.41 Å². The predicted octanol–water partition coefficient (Wildman–Crippen LogP) is 4.43. The number of aryl methyl sites for hydroxylation is 2. The number of nitrogens with one attached hydrogen (secondary N) is 1. The number of aromatic nitrogens is 1. The normalized spacial score (nSPS) is 15.7. The summed E-state index contributed by atoms with van der Waals surface area (Å²) in [5.41, 5.74) is 3.23. The number of anilines is 1.